The average Bonchev–Trinajstić information content (AvgIpc) is 3.21. The van der Waals surface area contributed by atoms with Gasteiger partial charge >= 0.3 is 0 Å². The van der Waals surface area contributed by atoms with Crippen molar-refractivity contribution < 1.29 is 9.59 Å². The molecule has 108 valence electrons. The highest BCUT2D eigenvalue weighted by Gasteiger charge is 2.59. The number of pyridine rings is 1. The summed E-state index contributed by atoms with van der Waals surface area (Å²) in [5, 5.41) is 0.943. The Kier molecular flexibility index (Phi) is 2.22. The number of rotatable bonds is 1. The molecule has 2 aliphatic carbocycles. The van der Waals surface area contributed by atoms with Gasteiger partial charge in [-0.1, -0.05) is 30.4 Å². The highest BCUT2D eigenvalue weighted by molar-refractivity contribution is 6.25. The van der Waals surface area contributed by atoms with E-state index in [1.807, 2.05) is 30.3 Å². The Bertz CT molecular complexity index is 822. The lowest BCUT2D eigenvalue weighted by atomic mass is 9.85. The van der Waals surface area contributed by atoms with Crippen LogP contribution in [0.1, 0.15) is 6.42 Å². The van der Waals surface area contributed by atoms with Crippen LogP contribution in [0.25, 0.3) is 10.9 Å². The number of amides is 2. The largest absolute Gasteiger partial charge is 0.274 e. The molecule has 4 heteroatoms. The maximum atomic E-state index is 12.9. The molecule has 3 aliphatic rings. The van der Waals surface area contributed by atoms with Crippen LogP contribution in [0.5, 0.6) is 0 Å². The van der Waals surface area contributed by atoms with Gasteiger partial charge in [0.2, 0.25) is 11.8 Å². The molecule has 2 amide bonds. The fourth-order valence-corrected chi connectivity index (χ4v) is 4.41. The van der Waals surface area contributed by atoms with Gasteiger partial charge in [0.15, 0.2) is 0 Å². The van der Waals surface area contributed by atoms with Crippen LogP contribution < -0.4 is 4.90 Å². The van der Waals surface area contributed by atoms with Gasteiger partial charge in [-0.05, 0) is 30.4 Å². The number of para-hydroxylation sites is 1. The zero-order valence-electron chi connectivity index (χ0n) is 11.8. The second kappa shape index (κ2) is 4.03. The predicted octanol–water partition coefficient (Wildman–Crippen LogP) is 2.55. The summed E-state index contributed by atoms with van der Waals surface area (Å²) in [6.07, 6.45) is 6.88. The molecule has 1 aliphatic heterocycles. The van der Waals surface area contributed by atoms with Gasteiger partial charge in [0, 0.05) is 11.6 Å². The topological polar surface area (TPSA) is 50.3 Å². The van der Waals surface area contributed by atoms with E-state index in [1.54, 1.807) is 6.20 Å². The SMILES string of the molecule is O=C1[C@@H]2[C@H](C(=O)N1c1cccc3cccnc13)[C@@H]1C=C[C@@H]2C1. The number of nitrogens with zero attached hydrogens (tertiary/aromatic N) is 2. The third-order valence-electron chi connectivity index (χ3n) is 5.32. The molecule has 2 bridgehead atoms. The number of imide groups is 1. The van der Waals surface area contributed by atoms with Crippen molar-refractivity contribution in [2.45, 2.75) is 6.42 Å². The minimum atomic E-state index is -0.165. The fourth-order valence-electron chi connectivity index (χ4n) is 4.41. The molecule has 2 aromatic rings. The number of hydrogen-bond acceptors (Lipinski definition) is 3. The summed E-state index contributed by atoms with van der Waals surface area (Å²) in [5.74, 6) is 0.0386. The summed E-state index contributed by atoms with van der Waals surface area (Å²) in [5.41, 5.74) is 1.34. The van der Waals surface area contributed by atoms with Crippen LogP contribution in [0.4, 0.5) is 5.69 Å². The standard InChI is InChI=1S/C18H14N2O2/c21-17-14-11-6-7-12(9-11)15(14)18(22)20(17)13-5-1-3-10-4-2-8-19-16(10)13/h1-8,11-12,14-15H,9H2/t11-,12-,14-,15+/m1/s1. The summed E-state index contributed by atoms with van der Waals surface area (Å²) in [6.45, 7) is 0. The second-order valence-corrected chi connectivity index (χ2v) is 6.36. The van der Waals surface area contributed by atoms with Crippen molar-refractivity contribution in [2.75, 3.05) is 4.90 Å². The van der Waals surface area contributed by atoms with Gasteiger partial charge in [-0.15, -0.1) is 0 Å². The Balaban J connectivity index is 1.67. The summed E-state index contributed by atoms with van der Waals surface area (Å²) in [6, 6.07) is 9.45. The highest BCUT2D eigenvalue weighted by Crippen LogP contribution is 2.53. The molecule has 2 heterocycles. The summed E-state index contributed by atoms with van der Waals surface area (Å²) in [7, 11) is 0. The number of carbonyl (C=O) groups is 2. The number of fused-ring (bicyclic) bond motifs is 6. The highest BCUT2D eigenvalue weighted by atomic mass is 16.2. The first kappa shape index (κ1) is 12.1. The normalized spacial score (nSPS) is 32.3. The molecule has 1 saturated carbocycles. The monoisotopic (exact) mass is 290 g/mol. The lowest BCUT2D eigenvalue weighted by Gasteiger charge is -2.18. The van der Waals surface area contributed by atoms with Gasteiger partial charge < -0.3 is 0 Å². The summed E-state index contributed by atoms with van der Waals surface area (Å²) < 4.78 is 0. The molecule has 1 aromatic heterocycles. The Labute approximate surface area is 127 Å². The number of carbonyl (C=O) groups excluding carboxylic acids is 2. The maximum Gasteiger partial charge on any atom is 0.238 e. The Morgan fingerprint density at radius 2 is 1.64 bits per heavy atom. The molecule has 0 unspecified atom stereocenters. The van der Waals surface area contributed by atoms with Gasteiger partial charge in [-0.25, -0.2) is 4.90 Å². The molecule has 1 aromatic carbocycles. The number of aromatic nitrogens is 1. The zero-order chi connectivity index (χ0) is 14.8. The van der Waals surface area contributed by atoms with E-state index in [4.69, 9.17) is 0 Å². The molecule has 22 heavy (non-hydrogen) atoms. The van der Waals surface area contributed by atoms with E-state index in [-0.39, 0.29) is 35.5 Å². The Morgan fingerprint density at radius 1 is 0.955 bits per heavy atom. The number of hydrogen-bond donors (Lipinski definition) is 0. The first-order valence-electron chi connectivity index (χ1n) is 7.65. The van der Waals surface area contributed by atoms with Gasteiger partial charge in [-0.3, -0.25) is 14.6 Å². The van der Waals surface area contributed by atoms with E-state index < -0.39 is 0 Å². The predicted molar refractivity (Wildman–Crippen MR) is 82.0 cm³/mol. The van der Waals surface area contributed by atoms with Crippen LogP contribution in [0, 0.1) is 23.7 Å². The minimum Gasteiger partial charge on any atom is -0.274 e. The van der Waals surface area contributed by atoms with E-state index in [1.165, 1.54) is 4.90 Å². The number of allylic oxidation sites excluding steroid dienone is 2. The number of benzene rings is 1. The summed E-state index contributed by atoms with van der Waals surface area (Å²) >= 11 is 0. The molecular formula is C18H14N2O2. The van der Waals surface area contributed by atoms with Crippen molar-refractivity contribution in [1.29, 1.82) is 0 Å². The summed E-state index contributed by atoms with van der Waals surface area (Å²) in [4.78, 5) is 31.5. The second-order valence-electron chi connectivity index (χ2n) is 6.36. The van der Waals surface area contributed by atoms with Crippen LogP contribution in [0.2, 0.25) is 0 Å². The molecule has 0 spiro atoms. The third kappa shape index (κ3) is 1.35. The van der Waals surface area contributed by atoms with Crippen LogP contribution in [-0.4, -0.2) is 16.8 Å². The van der Waals surface area contributed by atoms with Gasteiger partial charge in [0.25, 0.3) is 0 Å². The van der Waals surface area contributed by atoms with E-state index in [2.05, 4.69) is 17.1 Å². The van der Waals surface area contributed by atoms with E-state index in [0.717, 1.165) is 11.8 Å². The van der Waals surface area contributed by atoms with E-state index in [9.17, 15) is 9.59 Å². The van der Waals surface area contributed by atoms with Gasteiger partial charge in [-0.2, -0.15) is 0 Å². The lowest BCUT2D eigenvalue weighted by molar-refractivity contribution is -0.123. The molecule has 0 radical (unpaired) electrons. The quantitative estimate of drug-likeness (QED) is 0.599. The average molecular weight is 290 g/mol. The molecule has 1 saturated heterocycles. The molecule has 0 N–H and O–H groups in total. The third-order valence-corrected chi connectivity index (χ3v) is 5.32. The van der Waals surface area contributed by atoms with Crippen molar-refractivity contribution in [3.05, 3.63) is 48.7 Å². The van der Waals surface area contributed by atoms with Gasteiger partial charge in [0.1, 0.15) is 0 Å². The van der Waals surface area contributed by atoms with Crippen LogP contribution in [0.15, 0.2) is 48.7 Å². The first-order chi connectivity index (χ1) is 10.8. The van der Waals surface area contributed by atoms with Crippen LogP contribution in [-0.2, 0) is 9.59 Å². The van der Waals surface area contributed by atoms with Crippen molar-refractivity contribution in [3.63, 3.8) is 0 Å². The lowest BCUT2D eigenvalue weighted by Crippen LogP contribution is -2.33. The molecule has 4 atom stereocenters. The smallest absolute Gasteiger partial charge is 0.238 e. The van der Waals surface area contributed by atoms with Crippen molar-refractivity contribution in [2.24, 2.45) is 23.7 Å². The van der Waals surface area contributed by atoms with E-state index in [0.29, 0.717) is 11.2 Å². The molecule has 2 fully saturated rings. The van der Waals surface area contributed by atoms with Gasteiger partial charge in [0.05, 0.1) is 23.0 Å². The fraction of sp³-hybridized carbons (Fsp3) is 0.278. The molecule has 5 rings (SSSR count). The maximum absolute atomic E-state index is 12.9. The molecule has 4 nitrogen and oxygen atoms in total. The van der Waals surface area contributed by atoms with Crippen LogP contribution >= 0.6 is 0 Å². The Hall–Kier alpha value is -2.49. The molecular weight excluding hydrogens is 276 g/mol. The number of anilines is 1. The van der Waals surface area contributed by atoms with E-state index >= 15 is 0 Å². The van der Waals surface area contributed by atoms with Crippen molar-refractivity contribution in [1.82, 2.24) is 4.98 Å². The first-order valence-corrected chi connectivity index (χ1v) is 7.65. The van der Waals surface area contributed by atoms with Crippen molar-refractivity contribution >= 4 is 28.4 Å². The van der Waals surface area contributed by atoms with Crippen molar-refractivity contribution in [3.8, 4) is 0 Å². The Morgan fingerprint density at radius 3 is 2.36 bits per heavy atom. The zero-order valence-corrected chi connectivity index (χ0v) is 11.8. The van der Waals surface area contributed by atoms with Crippen LogP contribution in [0.3, 0.4) is 0 Å². The minimum absolute atomic E-state index is 0.0509.